The van der Waals surface area contributed by atoms with Crippen LogP contribution >= 0.6 is 27.3 Å². The minimum Gasteiger partial charge on any atom is -0.391 e. The maximum absolute atomic E-state index is 12.2. The van der Waals surface area contributed by atoms with Crippen LogP contribution in [0, 0.1) is 6.92 Å². The molecule has 1 aromatic carbocycles. The minimum absolute atomic E-state index is 0.126. The lowest BCUT2D eigenvalue weighted by Gasteiger charge is -2.09. The van der Waals surface area contributed by atoms with Crippen LogP contribution in [-0.2, 0) is 16.6 Å². The van der Waals surface area contributed by atoms with Gasteiger partial charge in [0.25, 0.3) is 10.0 Å². The van der Waals surface area contributed by atoms with Crippen molar-refractivity contribution in [2.24, 2.45) is 0 Å². The highest BCUT2D eigenvalue weighted by Crippen LogP contribution is 2.26. The number of hydrogen-bond acceptors (Lipinski definition) is 4. The topological polar surface area (TPSA) is 66.4 Å². The van der Waals surface area contributed by atoms with Crippen molar-refractivity contribution in [1.82, 2.24) is 0 Å². The summed E-state index contributed by atoms with van der Waals surface area (Å²) in [6.45, 7) is 1.60. The molecule has 0 spiro atoms. The summed E-state index contributed by atoms with van der Waals surface area (Å²) in [4.78, 5) is 0.557. The zero-order chi connectivity index (χ0) is 14.0. The highest BCUT2D eigenvalue weighted by atomic mass is 79.9. The first-order valence-corrected chi connectivity index (χ1v) is 8.56. The van der Waals surface area contributed by atoms with Gasteiger partial charge in [-0.25, -0.2) is 8.42 Å². The molecule has 0 saturated heterocycles. The zero-order valence-electron chi connectivity index (χ0n) is 10.1. The average molecular weight is 362 g/mol. The predicted octanol–water partition coefficient (Wildman–Crippen LogP) is 3.11. The van der Waals surface area contributed by atoms with Gasteiger partial charge in [0.2, 0.25) is 0 Å². The number of hydrogen-bond donors (Lipinski definition) is 2. The fourth-order valence-corrected chi connectivity index (χ4v) is 4.19. The molecule has 0 aliphatic carbocycles. The molecule has 2 aromatic rings. The molecule has 1 aromatic heterocycles. The number of halogens is 1. The van der Waals surface area contributed by atoms with Gasteiger partial charge in [-0.05, 0) is 42.1 Å². The third-order valence-electron chi connectivity index (χ3n) is 2.55. The monoisotopic (exact) mass is 361 g/mol. The van der Waals surface area contributed by atoms with E-state index >= 15 is 0 Å². The van der Waals surface area contributed by atoms with Crippen LogP contribution < -0.4 is 4.72 Å². The first-order chi connectivity index (χ1) is 8.94. The van der Waals surface area contributed by atoms with Gasteiger partial charge in [-0.2, -0.15) is 0 Å². The fourth-order valence-electron chi connectivity index (χ4n) is 1.60. The molecule has 19 heavy (non-hydrogen) atoms. The second-order valence-corrected chi connectivity index (χ2v) is 7.44. The lowest BCUT2D eigenvalue weighted by atomic mass is 10.2. The molecule has 102 valence electrons. The summed E-state index contributed by atoms with van der Waals surface area (Å²) < 4.78 is 27.9. The average Bonchev–Trinajstić information content (AvgIpc) is 2.82. The number of benzene rings is 1. The van der Waals surface area contributed by atoms with Crippen molar-refractivity contribution in [1.29, 1.82) is 0 Å². The fraction of sp³-hybridized carbons (Fsp3) is 0.167. The van der Waals surface area contributed by atoms with Gasteiger partial charge in [0.1, 0.15) is 4.90 Å². The SMILES string of the molecule is Cc1cc(NS(=O)(=O)c2ccsc2CO)ccc1Br. The van der Waals surface area contributed by atoms with Gasteiger partial charge in [-0.3, -0.25) is 4.72 Å². The first-order valence-electron chi connectivity index (χ1n) is 5.40. The third-order valence-corrected chi connectivity index (χ3v) is 5.94. The standard InChI is InChI=1S/C12H12BrNO3S2/c1-8-6-9(2-3-10(8)13)14-19(16,17)12-4-5-18-11(12)7-15/h2-6,14-15H,7H2,1H3. The van der Waals surface area contributed by atoms with Gasteiger partial charge >= 0.3 is 0 Å². The van der Waals surface area contributed by atoms with Crippen LogP contribution in [0.25, 0.3) is 0 Å². The van der Waals surface area contributed by atoms with Gasteiger partial charge in [0.05, 0.1) is 11.5 Å². The van der Waals surface area contributed by atoms with E-state index in [9.17, 15) is 8.42 Å². The summed E-state index contributed by atoms with van der Waals surface area (Å²) in [7, 11) is -3.66. The van der Waals surface area contributed by atoms with Crippen LogP contribution in [0.1, 0.15) is 10.4 Å². The molecule has 2 rings (SSSR count). The molecular formula is C12H12BrNO3S2. The van der Waals surface area contributed by atoms with Crippen molar-refractivity contribution in [2.75, 3.05) is 4.72 Å². The van der Waals surface area contributed by atoms with Gasteiger partial charge in [0, 0.05) is 10.2 Å². The number of anilines is 1. The van der Waals surface area contributed by atoms with E-state index < -0.39 is 10.0 Å². The Morgan fingerprint density at radius 2 is 2.11 bits per heavy atom. The molecule has 0 aliphatic heterocycles. The summed E-state index contributed by atoms with van der Waals surface area (Å²) in [5.74, 6) is 0. The van der Waals surface area contributed by atoms with Crippen molar-refractivity contribution in [3.63, 3.8) is 0 Å². The molecule has 0 bridgehead atoms. The van der Waals surface area contributed by atoms with Crippen molar-refractivity contribution >= 4 is 43.0 Å². The van der Waals surface area contributed by atoms with E-state index in [0.717, 1.165) is 10.0 Å². The molecule has 0 atom stereocenters. The second-order valence-electron chi connectivity index (χ2n) is 3.94. The molecule has 0 saturated carbocycles. The molecule has 1 heterocycles. The van der Waals surface area contributed by atoms with E-state index in [4.69, 9.17) is 5.11 Å². The lowest BCUT2D eigenvalue weighted by Crippen LogP contribution is -2.13. The van der Waals surface area contributed by atoms with Crippen LogP contribution in [0.4, 0.5) is 5.69 Å². The highest BCUT2D eigenvalue weighted by molar-refractivity contribution is 9.10. The molecule has 0 radical (unpaired) electrons. The molecule has 4 nitrogen and oxygen atoms in total. The molecule has 0 aliphatic rings. The molecule has 2 N–H and O–H groups in total. The lowest BCUT2D eigenvalue weighted by molar-refractivity contribution is 0.282. The number of nitrogens with one attached hydrogen (secondary N) is 1. The maximum Gasteiger partial charge on any atom is 0.263 e. The molecule has 0 unspecified atom stereocenters. The number of sulfonamides is 1. The highest BCUT2D eigenvalue weighted by Gasteiger charge is 2.19. The van der Waals surface area contributed by atoms with Gasteiger partial charge in [-0.1, -0.05) is 15.9 Å². The number of aliphatic hydroxyl groups is 1. The van der Waals surface area contributed by atoms with E-state index in [1.165, 1.54) is 17.4 Å². The Morgan fingerprint density at radius 1 is 1.37 bits per heavy atom. The van der Waals surface area contributed by atoms with Crippen LogP contribution in [0.3, 0.4) is 0 Å². The summed E-state index contributed by atoms with van der Waals surface area (Å²) in [5.41, 5.74) is 1.43. The van der Waals surface area contributed by atoms with E-state index in [-0.39, 0.29) is 11.5 Å². The molecular weight excluding hydrogens is 350 g/mol. The smallest absolute Gasteiger partial charge is 0.263 e. The van der Waals surface area contributed by atoms with Crippen molar-refractivity contribution < 1.29 is 13.5 Å². The quantitative estimate of drug-likeness (QED) is 0.878. The van der Waals surface area contributed by atoms with Crippen LogP contribution in [0.5, 0.6) is 0 Å². The van der Waals surface area contributed by atoms with Crippen LogP contribution in [0.2, 0.25) is 0 Å². The summed E-state index contributed by atoms with van der Waals surface area (Å²) >= 11 is 4.58. The Hall–Kier alpha value is -0.890. The Balaban J connectivity index is 2.34. The van der Waals surface area contributed by atoms with Gasteiger partial charge < -0.3 is 5.11 Å². The third kappa shape index (κ3) is 3.17. The van der Waals surface area contributed by atoms with E-state index in [0.29, 0.717) is 10.6 Å². The number of aliphatic hydroxyl groups excluding tert-OH is 1. The molecule has 7 heteroatoms. The predicted molar refractivity (Wildman–Crippen MR) is 79.9 cm³/mol. The summed E-state index contributed by atoms with van der Waals surface area (Å²) in [5, 5.41) is 10.8. The number of thiophene rings is 1. The largest absolute Gasteiger partial charge is 0.391 e. The van der Waals surface area contributed by atoms with E-state index in [1.54, 1.807) is 23.6 Å². The van der Waals surface area contributed by atoms with Crippen LogP contribution in [0.15, 0.2) is 39.0 Å². The number of rotatable bonds is 4. The van der Waals surface area contributed by atoms with Crippen molar-refractivity contribution in [2.45, 2.75) is 18.4 Å². The molecule has 0 amide bonds. The normalized spacial score (nSPS) is 11.5. The minimum atomic E-state index is -3.66. The number of aryl methyl sites for hydroxylation is 1. The van der Waals surface area contributed by atoms with E-state index in [2.05, 4.69) is 20.7 Å². The zero-order valence-corrected chi connectivity index (χ0v) is 13.3. The Kier molecular flexibility index (Phi) is 4.29. The van der Waals surface area contributed by atoms with Crippen molar-refractivity contribution in [3.8, 4) is 0 Å². The van der Waals surface area contributed by atoms with Gasteiger partial charge in [0.15, 0.2) is 0 Å². The van der Waals surface area contributed by atoms with E-state index in [1.807, 2.05) is 6.92 Å². The maximum atomic E-state index is 12.2. The summed E-state index contributed by atoms with van der Waals surface area (Å²) in [6.07, 6.45) is 0. The summed E-state index contributed by atoms with van der Waals surface area (Å²) in [6, 6.07) is 6.70. The Morgan fingerprint density at radius 3 is 2.74 bits per heavy atom. The van der Waals surface area contributed by atoms with Crippen LogP contribution in [-0.4, -0.2) is 13.5 Å². The second kappa shape index (κ2) is 5.62. The Bertz CT molecular complexity index is 695. The first kappa shape index (κ1) is 14.5. The van der Waals surface area contributed by atoms with Crippen molar-refractivity contribution in [3.05, 3.63) is 44.6 Å². The van der Waals surface area contributed by atoms with Gasteiger partial charge in [-0.15, -0.1) is 11.3 Å². The Labute approximate surface area is 124 Å². The molecule has 0 fully saturated rings.